The molecular formula is C15H10ClN3O. The Morgan fingerprint density at radius 3 is 2.75 bits per heavy atom. The monoisotopic (exact) mass is 283 g/mol. The zero-order chi connectivity index (χ0) is 13.9. The minimum absolute atomic E-state index is 0.231. The fourth-order valence-corrected chi connectivity index (χ4v) is 2.03. The lowest BCUT2D eigenvalue weighted by Gasteiger charge is -2.08. The Morgan fingerprint density at radius 1 is 1.05 bits per heavy atom. The number of amides is 1. The van der Waals surface area contributed by atoms with E-state index < -0.39 is 0 Å². The molecule has 3 rings (SSSR count). The van der Waals surface area contributed by atoms with E-state index in [1.54, 1.807) is 18.3 Å². The van der Waals surface area contributed by atoms with Gasteiger partial charge in [-0.05, 0) is 36.4 Å². The summed E-state index contributed by atoms with van der Waals surface area (Å²) in [5.74, 6) is -0.231. The van der Waals surface area contributed by atoms with E-state index in [0.29, 0.717) is 10.7 Å². The van der Waals surface area contributed by atoms with Crippen molar-refractivity contribution in [2.45, 2.75) is 0 Å². The largest absolute Gasteiger partial charge is 0.321 e. The second kappa shape index (κ2) is 5.27. The normalized spacial score (nSPS) is 10.4. The number of fused-ring (bicyclic) bond motifs is 1. The van der Waals surface area contributed by atoms with E-state index >= 15 is 0 Å². The summed E-state index contributed by atoms with van der Waals surface area (Å²) in [6.45, 7) is 0. The maximum absolute atomic E-state index is 12.2. The predicted octanol–water partition coefficient (Wildman–Crippen LogP) is 3.54. The molecular weight excluding hydrogens is 274 g/mol. The van der Waals surface area contributed by atoms with E-state index in [1.165, 1.54) is 6.20 Å². The van der Waals surface area contributed by atoms with Crippen LogP contribution >= 0.6 is 11.6 Å². The van der Waals surface area contributed by atoms with Crippen molar-refractivity contribution < 1.29 is 4.79 Å². The molecule has 5 heteroatoms. The highest BCUT2D eigenvalue weighted by atomic mass is 35.5. The van der Waals surface area contributed by atoms with Crippen LogP contribution in [0.5, 0.6) is 0 Å². The molecule has 0 atom stereocenters. The number of benzene rings is 1. The highest BCUT2D eigenvalue weighted by Crippen LogP contribution is 2.21. The first-order chi connectivity index (χ1) is 9.74. The topological polar surface area (TPSA) is 54.9 Å². The van der Waals surface area contributed by atoms with Gasteiger partial charge in [0, 0.05) is 17.8 Å². The van der Waals surface area contributed by atoms with Crippen LogP contribution in [0.2, 0.25) is 5.15 Å². The molecule has 3 aromatic rings. The number of hydrogen-bond acceptors (Lipinski definition) is 3. The Morgan fingerprint density at radius 2 is 1.95 bits per heavy atom. The summed E-state index contributed by atoms with van der Waals surface area (Å²) < 4.78 is 0. The maximum atomic E-state index is 12.2. The first-order valence-electron chi connectivity index (χ1n) is 6.01. The molecule has 1 amide bonds. The van der Waals surface area contributed by atoms with Gasteiger partial charge >= 0.3 is 0 Å². The summed E-state index contributed by atoms with van der Waals surface area (Å²) in [7, 11) is 0. The summed E-state index contributed by atoms with van der Waals surface area (Å²) in [5, 5.41) is 4.11. The first-order valence-corrected chi connectivity index (χ1v) is 6.38. The first kappa shape index (κ1) is 12.6. The summed E-state index contributed by atoms with van der Waals surface area (Å²) in [6.07, 6.45) is 3.16. The van der Waals surface area contributed by atoms with Gasteiger partial charge in [-0.3, -0.25) is 9.78 Å². The van der Waals surface area contributed by atoms with E-state index in [0.717, 1.165) is 16.6 Å². The molecule has 2 heterocycles. The molecule has 0 aliphatic carbocycles. The van der Waals surface area contributed by atoms with Crippen LogP contribution in [0.1, 0.15) is 10.4 Å². The van der Waals surface area contributed by atoms with Crippen molar-refractivity contribution in [1.82, 2.24) is 9.97 Å². The molecule has 0 saturated heterocycles. The van der Waals surface area contributed by atoms with Crippen molar-refractivity contribution in [1.29, 1.82) is 0 Å². The molecule has 0 bridgehead atoms. The summed E-state index contributed by atoms with van der Waals surface area (Å²) in [4.78, 5) is 20.3. The van der Waals surface area contributed by atoms with Gasteiger partial charge in [0.1, 0.15) is 5.15 Å². The van der Waals surface area contributed by atoms with Crippen LogP contribution in [0.3, 0.4) is 0 Å². The Labute approximate surface area is 120 Å². The fraction of sp³-hybridized carbons (Fsp3) is 0. The van der Waals surface area contributed by atoms with Crippen molar-refractivity contribution in [3.63, 3.8) is 0 Å². The molecule has 0 fully saturated rings. The number of rotatable bonds is 2. The van der Waals surface area contributed by atoms with Gasteiger partial charge < -0.3 is 5.32 Å². The van der Waals surface area contributed by atoms with E-state index in [-0.39, 0.29) is 5.91 Å². The number of hydrogen-bond donors (Lipinski definition) is 1. The summed E-state index contributed by atoms with van der Waals surface area (Å²) in [6, 6.07) is 12.6. The Kier molecular flexibility index (Phi) is 3.31. The van der Waals surface area contributed by atoms with Gasteiger partial charge in [0.05, 0.1) is 16.8 Å². The highest BCUT2D eigenvalue weighted by Gasteiger charge is 2.08. The molecule has 4 nitrogen and oxygen atoms in total. The third kappa shape index (κ3) is 2.46. The van der Waals surface area contributed by atoms with Gasteiger partial charge in [-0.25, -0.2) is 4.98 Å². The third-order valence-corrected chi connectivity index (χ3v) is 3.11. The Balaban J connectivity index is 1.93. The second-order valence-electron chi connectivity index (χ2n) is 4.20. The average Bonchev–Trinajstić information content (AvgIpc) is 2.48. The molecule has 0 saturated carbocycles. The molecule has 0 spiro atoms. The molecule has 0 aliphatic rings. The molecule has 2 aromatic heterocycles. The van der Waals surface area contributed by atoms with E-state index in [9.17, 15) is 4.79 Å². The van der Waals surface area contributed by atoms with E-state index in [1.807, 2.05) is 30.3 Å². The van der Waals surface area contributed by atoms with Gasteiger partial charge in [0.25, 0.3) is 5.91 Å². The zero-order valence-electron chi connectivity index (χ0n) is 10.4. The van der Waals surface area contributed by atoms with Crippen molar-refractivity contribution >= 4 is 34.1 Å². The molecule has 1 aromatic carbocycles. The quantitative estimate of drug-likeness (QED) is 0.732. The van der Waals surface area contributed by atoms with Gasteiger partial charge in [-0.1, -0.05) is 17.7 Å². The number of pyridine rings is 2. The lowest BCUT2D eigenvalue weighted by Crippen LogP contribution is -2.12. The smallest absolute Gasteiger partial charge is 0.257 e. The summed E-state index contributed by atoms with van der Waals surface area (Å²) in [5.41, 5.74) is 2.00. The van der Waals surface area contributed by atoms with Gasteiger partial charge in [-0.2, -0.15) is 0 Å². The Bertz CT molecular complexity index is 766. The molecule has 0 unspecified atom stereocenters. The fourth-order valence-electron chi connectivity index (χ4n) is 1.92. The van der Waals surface area contributed by atoms with Crippen LogP contribution in [-0.2, 0) is 0 Å². The molecule has 98 valence electrons. The van der Waals surface area contributed by atoms with E-state index in [4.69, 9.17) is 11.6 Å². The van der Waals surface area contributed by atoms with E-state index in [2.05, 4.69) is 15.3 Å². The highest BCUT2D eigenvalue weighted by molar-refractivity contribution is 6.29. The van der Waals surface area contributed by atoms with Gasteiger partial charge in [-0.15, -0.1) is 0 Å². The van der Waals surface area contributed by atoms with Crippen LogP contribution in [0, 0.1) is 0 Å². The standard InChI is InChI=1S/C15H10ClN3O/c16-14-7-6-10(9-18-14)15(20)19-13-5-1-4-12-11(13)3-2-8-17-12/h1-9H,(H,19,20). The van der Waals surface area contributed by atoms with Crippen LogP contribution in [0.25, 0.3) is 10.9 Å². The van der Waals surface area contributed by atoms with Crippen LogP contribution < -0.4 is 5.32 Å². The minimum Gasteiger partial charge on any atom is -0.321 e. The number of nitrogens with zero attached hydrogens (tertiary/aromatic N) is 2. The van der Waals surface area contributed by atoms with Gasteiger partial charge in [0.15, 0.2) is 0 Å². The second-order valence-corrected chi connectivity index (χ2v) is 4.59. The number of aromatic nitrogens is 2. The van der Waals surface area contributed by atoms with Crippen LogP contribution in [-0.4, -0.2) is 15.9 Å². The number of nitrogens with one attached hydrogen (secondary N) is 1. The zero-order valence-corrected chi connectivity index (χ0v) is 11.1. The minimum atomic E-state index is -0.231. The molecule has 0 radical (unpaired) electrons. The SMILES string of the molecule is O=C(Nc1cccc2ncccc12)c1ccc(Cl)nc1. The van der Waals surface area contributed by atoms with Crippen molar-refractivity contribution in [2.24, 2.45) is 0 Å². The van der Waals surface area contributed by atoms with Gasteiger partial charge in [0.2, 0.25) is 0 Å². The van der Waals surface area contributed by atoms with Crippen molar-refractivity contribution in [2.75, 3.05) is 5.32 Å². The number of anilines is 1. The predicted molar refractivity (Wildman–Crippen MR) is 78.9 cm³/mol. The maximum Gasteiger partial charge on any atom is 0.257 e. The van der Waals surface area contributed by atoms with Crippen LogP contribution in [0.4, 0.5) is 5.69 Å². The molecule has 0 aliphatic heterocycles. The lowest BCUT2D eigenvalue weighted by atomic mass is 10.1. The number of carbonyl (C=O) groups is 1. The third-order valence-electron chi connectivity index (χ3n) is 2.88. The van der Waals surface area contributed by atoms with Crippen molar-refractivity contribution in [3.05, 3.63) is 65.6 Å². The van der Waals surface area contributed by atoms with Crippen molar-refractivity contribution in [3.8, 4) is 0 Å². The summed E-state index contributed by atoms with van der Waals surface area (Å²) >= 11 is 5.70. The van der Waals surface area contributed by atoms with Crippen LogP contribution in [0.15, 0.2) is 54.9 Å². The number of carbonyl (C=O) groups excluding carboxylic acids is 1. The molecule has 20 heavy (non-hydrogen) atoms. The Hall–Kier alpha value is -2.46. The average molecular weight is 284 g/mol. The molecule has 1 N–H and O–H groups in total. The number of halogens is 1. The lowest BCUT2D eigenvalue weighted by molar-refractivity contribution is 0.102.